The summed E-state index contributed by atoms with van der Waals surface area (Å²) in [5, 5.41) is 0. The molecule has 0 aliphatic heterocycles. The van der Waals surface area contributed by atoms with Gasteiger partial charge in [-0.3, -0.25) is 4.79 Å². The van der Waals surface area contributed by atoms with Crippen molar-refractivity contribution in [1.29, 1.82) is 0 Å². The van der Waals surface area contributed by atoms with Crippen LogP contribution in [0.5, 0.6) is 5.75 Å². The average Bonchev–Trinajstić information content (AvgIpc) is 2.87. The number of benzene rings is 1. The van der Waals surface area contributed by atoms with Crippen LogP contribution in [0.2, 0.25) is 0 Å². The van der Waals surface area contributed by atoms with Gasteiger partial charge < -0.3 is 19.6 Å². The number of furan rings is 1. The Morgan fingerprint density at radius 2 is 2.05 bits per heavy atom. The molecule has 0 amide bonds. The van der Waals surface area contributed by atoms with Crippen LogP contribution in [0.3, 0.4) is 0 Å². The maximum atomic E-state index is 12.3. The molecule has 0 fully saturated rings. The number of rotatable bonds is 5. The van der Waals surface area contributed by atoms with Crippen LogP contribution in [-0.2, 0) is 11.3 Å². The molecule has 0 atom stereocenters. The van der Waals surface area contributed by atoms with Crippen molar-refractivity contribution in [3.8, 4) is 5.75 Å². The van der Waals surface area contributed by atoms with E-state index in [1.165, 1.54) is 7.11 Å². The fourth-order valence-corrected chi connectivity index (χ4v) is 1.76. The summed E-state index contributed by atoms with van der Waals surface area (Å²) < 4.78 is 15.5. The smallest absolute Gasteiger partial charge is 0.231 e. The Morgan fingerprint density at radius 1 is 1.26 bits per heavy atom. The molecule has 19 heavy (non-hydrogen) atoms. The van der Waals surface area contributed by atoms with E-state index in [2.05, 4.69) is 0 Å². The third kappa shape index (κ3) is 2.77. The van der Waals surface area contributed by atoms with Crippen molar-refractivity contribution in [2.24, 2.45) is 0 Å². The third-order valence-corrected chi connectivity index (χ3v) is 2.64. The lowest BCUT2D eigenvalue weighted by Gasteiger charge is -2.07. The first-order chi connectivity index (χ1) is 9.15. The molecule has 0 unspecified atom stereocenters. The van der Waals surface area contributed by atoms with Crippen LogP contribution in [0.1, 0.15) is 21.9 Å². The minimum atomic E-state index is -0.272. The summed E-state index contributed by atoms with van der Waals surface area (Å²) in [5.41, 5.74) is 6.56. The number of anilines is 1. The van der Waals surface area contributed by atoms with Gasteiger partial charge in [0.05, 0.1) is 12.7 Å². The van der Waals surface area contributed by atoms with E-state index in [0.29, 0.717) is 29.4 Å². The van der Waals surface area contributed by atoms with Gasteiger partial charge in [0, 0.05) is 12.8 Å². The molecule has 100 valence electrons. The van der Waals surface area contributed by atoms with Crippen molar-refractivity contribution >= 4 is 11.5 Å². The quantitative estimate of drug-likeness (QED) is 0.660. The monoisotopic (exact) mass is 261 g/mol. The topological polar surface area (TPSA) is 74.7 Å². The summed E-state index contributed by atoms with van der Waals surface area (Å²) in [7, 11) is 3.06. The van der Waals surface area contributed by atoms with Gasteiger partial charge >= 0.3 is 0 Å². The summed E-state index contributed by atoms with van der Waals surface area (Å²) in [6.07, 6.45) is 0. The van der Waals surface area contributed by atoms with Crippen molar-refractivity contribution in [2.45, 2.75) is 6.61 Å². The Morgan fingerprint density at radius 3 is 2.74 bits per heavy atom. The zero-order chi connectivity index (χ0) is 13.8. The Balaban J connectivity index is 2.34. The van der Waals surface area contributed by atoms with Gasteiger partial charge in [-0.25, -0.2) is 0 Å². The minimum Gasteiger partial charge on any atom is -0.496 e. The van der Waals surface area contributed by atoms with Gasteiger partial charge in [0.25, 0.3) is 0 Å². The molecule has 1 aromatic carbocycles. The number of methoxy groups -OCH3 is 2. The van der Waals surface area contributed by atoms with Crippen molar-refractivity contribution in [1.82, 2.24) is 0 Å². The highest BCUT2D eigenvalue weighted by Gasteiger charge is 2.18. The normalized spacial score (nSPS) is 10.4. The number of nitrogen functional groups attached to an aromatic ring is 1. The Labute approximate surface area is 110 Å². The molecule has 2 rings (SSSR count). The Kier molecular flexibility index (Phi) is 3.87. The van der Waals surface area contributed by atoms with E-state index in [1.807, 2.05) is 0 Å². The molecular weight excluding hydrogens is 246 g/mol. The van der Waals surface area contributed by atoms with Gasteiger partial charge in [-0.1, -0.05) is 0 Å². The van der Waals surface area contributed by atoms with E-state index in [9.17, 15) is 4.79 Å². The van der Waals surface area contributed by atoms with Crippen molar-refractivity contribution in [2.75, 3.05) is 20.0 Å². The number of ketones is 1. The minimum absolute atomic E-state index is 0.232. The molecule has 1 aromatic heterocycles. The van der Waals surface area contributed by atoms with E-state index in [1.54, 1.807) is 37.4 Å². The molecule has 0 aliphatic rings. The van der Waals surface area contributed by atoms with Crippen molar-refractivity contribution in [3.63, 3.8) is 0 Å². The Bertz CT molecular complexity index is 589. The number of ether oxygens (including phenoxy) is 2. The zero-order valence-electron chi connectivity index (χ0n) is 10.8. The molecule has 0 spiro atoms. The SMILES string of the molecule is COCc1ccc(C(=O)c2cc(N)ccc2OC)o1. The van der Waals surface area contributed by atoms with Crippen LogP contribution in [-0.4, -0.2) is 20.0 Å². The highest BCUT2D eigenvalue weighted by atomic mass is 16.5. The lowest BCUT2D eigenvalue weighted by atomic mass is 10.1. The second-order valence-electron chi connectivity index (χ2n) is 3.99. The largest absolute Gasteiger partial charge is 0.496 e. The number of hydrogen-bond donors (Lipinski definition) is 1. The van der Waals surface area contributed by atoms with Crippen LogP contribution < -0.4 is 10.5 Å². The standard InChI is InChI=1S/C14H15NO4/c1-17-8-10-4-6-13(19-10)14(16)11-7-9(15)3-5-12(11)18-2/h3-7H,8,15H2,1-2H3. The van der Waals surface area contributed by atoms with Gasteiger partial charge in [-0.05, 0) is 30.3 Å². The number of hydrogen-bond acceptors (Lipinski definition) is 5. The molecule has 0 saturated carbocycles. The summed E-state index contributed by atoms with van der Waals surface area (Å²) >= 11 is 0. The molecule has 2 N–H and O–H groups in total. The lowest BCUT2D eigenvalue weighted by Crippen LogP contribution is -2.04. The highest BCUT2D eigenvalue weighted by molar-refractivity contribution is 6.09. The number of carbonyl (C=O) groups is 1. The highest BCUT2D eigenvalue weighted by Crippen LogP contribution is 2.25. The van der Waals surface area contributed by atoms with Crippen molar-refractivity contribution in [3.05, 3.63) is 47.4 Å². The second kappa shape index (κ2) is 5.58. The van der Waals surface area contributed by atoms with Crippen LogP contribution in [0.15, 0.2) is 34.7 Å². The van der Waals surface area contributed by atoms with Crippen LogP contribution in [0.4, 0.5) is 5.69 Å². The first-order valence-corrected chi connectivity index (χ1v) is 5.71. The fraction of sp³-hybridized carbons (Fsp3) is 0.214. The second-order valence-corrected chi connectivity index (χ2v) is 3.99. The predicted octanol–water partition coefficient (Wildman–Crippen LogP) is 2.25. The predicted molar refractivity (Wildman–Crippen MR) is 70.3 cm³/mol. The summed E-state index contributed by atoms with van der Waals surface area (Å²) in [5.74, 6) is 1.01. The summed E-state index contributed by atoms with van der Waals surface area (Å²) in [6, 6.07) is 8.21. The molecule has 0 bridgehead atoms. The Hall–Kier alpha value is -2.27. The lowest BCUT2D eigenvalue weighted by molar-refractivity contribution is 0.0997. The van der Waals surface area contributed by atoms with Gasteiger partial charge in [0.15, 0.2) is 5.76 Å². The van der Waals surface area contributed by atoms with Gasteiger partial charge in [0.1, 0.15) is 18.1 Å². The van der Waals surface area contributed by atoms with Gasteiger partial charge in [-0.15, -0.1) is 0 Å². The molecule has 0 saturated heterocycles. The van der Waals surface area contributed by atoms with E-state index >= 15 is 0 Å². The molecule has 1 heterocycles. The van der Waals surface area contributed by atoms with Crippen LogP contribution >= 0.6 is 0 Å². The average molecular weight is 261 g/mol. The summed E-state index contributed by atoms with van der Waals surface area (Å²) in [4.78, 5) is 12.3. The first-order valence-electron chi connectivity index (χ1n) is 5.71. The molecule has 0 radical (unpaired) electrons. The van der Waals surface area contributed by atoms with Crippen LogP contribution in [0, 0.1) is 0 Å². The molecule has 2 aromatic rings. The zero-order valence-corrected chi connectivity index (χ0v) is 10.8. The maximum Gasteiger partial charge on any atom is 0.231 e. The molecule has 0 aliphatic carbocycles. The van der Waals surface area contributed by atoms with Gasteiger partial charge in [0.2, 0.25) is 5.78 Å². The first kappa shape index (κ1) is 13.2. The third-order valence-electron chi connectivity index (χ3n) is 2.64. The maximum absolute atomic E-state index is 12.3. The van der Waals surface area contributed by atoms with Crippen molar-refractivity contribution < 1.29 is 18.7 Å². The van der Waals surface area contributed by atoms with E-state index in [-0.39, 0.29) is 11.5 Å². The van der Waals surface area contributed by atoms with E-state index in [0.717, 1.165) is 0 Å². The molecular formula is C14H15NO4. The fourth-order valence-electron chi connectivity index (χ4n) is 1.76. The van der Waals surface area contributed by atoms with E-state index < -0.39 is 0 Å². The van der Waals surface area contributed by atoms with Crippen LogP contribution in [0.25, 0.3) is 0 Å². The number of carbonyl (C=O) groups excluding carboxylic acids is 1. The molecule has 5 nitrogen and oxygen atoms in total. The summed E-state index contributed by atoms with van der Waals surface area (Å²) in [6.45, 7) is 0.321. The number of nitrogens with two attached hydrogens (primary N) is 1. The van der Waals surface area contributed by atoms with E-state index in [4.69, 9.17) is 19.6 Å². The molecule has 5 heteroatoms. The van der Waals surface area contributed by atoms with Gasteiger partial charge in [-0.2, -0.15) is 0 Å².